The van der Waals surface area contributed by atoms with Gasteiger partial charge in [-0.25, -0.2) is 0 Å². The lowest BCUT2D eigenvalue weighted by Gasteiger charge is -2.36. The molecule has 0 bridgehead atoms. The van der Waals surface area contributed by atoms with Gasteiger partial charge in [0.1, 0.15) is 0 Å². The molecule has 3 unspecified atom stereocenters. The summed E-state index contributed by atoms with van der Waals surface area (Å²) in [5.74, 6) is 1.55. The highest BCUT2D eigenvalue weighted by molar-refractivity contribution is 5.80. The molecule has 1 aromatic rings. The molecule has 7 nitrogen and oxygen atoms in total. The zero-order valence-corrected chi connectivity index (χ0v) is 18.2. The molecule has 0 spiro atoms. The maximum absolute atomic E-state index is 6.10. The SMILES string of the molecule is CN=C(NCCCOCC1CCOC1)N1CC2OCCN(Cc3ccccc3)C2C1. The summed E-state index contributed by atoms with van der Waals surface area (Å²) in [6.07, 6.45) is 2.35. The molecule has 4 rings (SSSR count). The van der Waals surface area contributed by atoms with Crippen LogP contribution in [-0.4, -0.2) is 94.2 Å². The monoisotopic (exact) mass is 416 g/mol. The van der Waals surface area contributed by atoms with Gasteiger partial charge in [-0.1, -0.05) is 30.3 Å². The summed E-state index contributed by atoms with van der Waals surface area (Å²) < 4.78 is 17.3. The van der Waals surface area contributed by atoms with Gasteiger partial charge < -0.3 is 24.4 Å². The lowest BCUT2D eigenvalue weighted by atomic mass is 10.1. The van der Waals surface area contributed by atoms with Gasteiger partial charge in [0.05, 0.1) is 32.0 Å². The van der Waals surface area contributed by atoms with Gasteiger partial charge >= 0.3 is 0 Å². The van der Waals surface area contributed by atoms with Gasteiger partial charge in [0.2, 0.25) is 0 Å². The fraction of sp³-hybridized carbons (Fsp3) is 0.696. The predicted octanol–water partition coefficient (Wildman–Crippen LogP) is 1.59. The molecule has 1 N–H and O–H groups in total. The van der Waals surface area contributed by atoms with E-state index in [0.29, 0.717) is 12.0 Å². The van der Waals surface area contributed by atoms with E-state index >= 15 is 0 Å². The zero-order chi connectivity index (χ0) is 20.6. The number of nitrogens with zero attached hydrogens (tertiary/aromatic N) is 3. The van der Waals surface area contributed by atoms with E-state index in [9.17, 15) is 0 Å². The highest BCUT2D eigenvalue weighted by Gasteiger charge is 2.41. The van der Waals surface area contributed by atoms with Gasteiger partial charge in [0.25, 0.3) is 0 Å². The van der Waals surface area contributed by atoms with Crippen molar-refractivity contribution in [1.29, 1.82) is 0 Å². The second-order valence-corrected chi connectivity index (χ2v) is 8.47. The Labute approximate surface area is 180 Å². The standard InChI is InChI=1S/C23H36N4O3/c1-24-23(25-9-5-11-28-17-20-8-12-29-18-20)27-15-21-22(16-27)30-13-10-26(21)14-19-6-3-2-4-7-19/h2-4,6-7,20-22H,5,8-18H2,1H3,(H,24,25). The molecule has 1 aromatic carbocycles. The molecule has 3 heterocycles. The summed E-state index contributed by atoms with van der Waals surface area (Å²) in [5, 5.41) is 3.51. The molecule has 3 aliphatic heterocycles. The molecule has 3 atom stereocenters. The zero-order valence-electron chi connectivity index (χ0n) is 18.2. The van der Waals surface area contributed by atoms with Crippen molar-refractivity contribution in [2.24, 2.45) is 10.9 Å². The Balaban J connectivity index is 1.20. The number of guanidine groups is 1. The third-order valence-corrected chi connectivity index (χ3v) is 6.28. The molecule has 3 aliphatic rings. The smallest absolute Gasteiger partial charge is 0.193 e. The number of aliphatic imine (C=N–C) groups is 1. The van der Waals surface area contributed by atoms with Gasteiger partial charge in [0.15, 0.2) is 5.96 Å². The van der Waals surface area contributed by atoms with Crippen molar-refractivity contribution in [2.75, 3.05) is 66.3 Å². The number of likely N-dealkylation sites (tertiary alicyclic amines) is 1. The van der Waals surface area contributed by atoms with Crippen LogP contribution < -0.4 is 5.32 Å². The van der Waals surface area contributed by atoms with Crippen molar-refractivity contribution in [3.63, 3.8) is 0 Å². The minimum atomic E-state index is 0.248. The second kappa shape index (κ2) is 11.1. The van der Waals surface area contributed by atoms with Crippen LogP contribution in [0.5, 0.6) is 0 Å². The molecule has 0 amide bonds. The molecule has 7 heteroatoms. The number of benzene rings is 1. The van der Waals surface area contributed by atoms with Crippen LogP contribution in [0.1, 0.15) is 18.4 Å². The summed E-state index contributed by atoms with van der Waals surface area (Å²) >= 11 is 0. The third-order valence-electron chi connectivity index (χ3n) is 6.28. The van der Waals surface area contributed by atoms with Crippen LogP contribution in [0.15, 0.2) is 35.3 Å². The van der Waals surface area contributed by atoms with Crippen molar-refractivity contribution >= 4 is 5.96 Å². The van der Waals surface area contributed by atoms with Gasteiger partial charge in [-0.2, -0.15) is 0 Å². The molecular formula is C23H36N4O3. The molecule has 0 aliphatic carbocycles. The summed E-state index contributed by atoms with van der Waals surface area (Å²) in [5.41, 5.74) is 1.36. The highest BCUT2D eigenvalue weighted by Crippen LogP contribution is 2.24. The van der Waals surface area contributed by atoms with E-state index in [0.717, 1.165) is 84.6 Å². The predicted molar refractivity (Wildman–Crippen MR) is 118 cm³/mol. The van der Waals surface area contributed by atoms with Crippen molar-refractivity contribution < 1.29 is 14.2 Å². The number of hydrogen-bond acceptors (Lipinski definition) is 5. The fourth-order valence-electron chi connectivity index (χ4n) is 4.62. The molecule has 0 aromatic heterocycles. The van der Waals surface area contributed by atoms with E-state index in [1.165, 1.54) is 5.56 Å². The van der Waals surface area contributed by atoms with Crippen LogP contribution in [0, 0.1) is 5.92 Å². The molecule has 3 fully saturated rings. The normalized spacial score (nSPS) is 27.4. The van der Waals surface area contributed by atoms with Crippen molar-refractivity contribution in [1.82, 2.24) is 15.1 Å². The maximum Gasteiger partial charge on any atom is 0.193 e. The number of morpholine rings is 1. The Morgan fingerprint density at radius 1 is 1.23 bits per heavy atom. The maximum atomic E-state index is 6.10. The average Bonchev–Trinajstić information content (AvgIpc) is 3.44. The molecule has 0 saturated carbocycles. The molecule has 3 saturated heterocycles. The van der Waals surface area contributed by atoms with Crippen LogP contribution >= 0.6 is 0 Å². The Morgan fingerprint density at radius 3 is 2.93 bits per heavy atom. The van der Waals surface area contributed by atoms with Crippen LogP contribution in [0.3, 0.4) is 0 Å². The highest BCUT2D eigenvalue weighted by atomic mass is 16.5. The van der Waals surface area contributed by atoms with E-state index in [2.05, 4.69) is 50.4 Å². The van der Waals surface area contributed by atoms with Crippen molar-refractivity contribution in [3.05, 3.63) is 35.9 Å². The van der Waals surface area contributed by atoms with Crippen LogP contribution in [0.25, 0.3) is 0 Å². The quantitative estimate of drug-likeness (QED) is 0.395. The van der Waals surface area contributed by atoms with Gasteiger partial charge in [0, 0.05) is 58.9 Å². The molecule has 166 valence electrons. The van der Waals surface area contributed by atoms with Crippen molar-refractivity contribution in [2.45, 2.75) is 31.5 Å². The fourth-order valence-corrected chi connectivity index (χ4v) is 4.62. The summed E-state index contributed by atoms with van der Waals surface area (Å²) in [6, 6.07) is 11.1. The van der Waals surface area contributed by atoms with E-state index in [1.807, 2.05) is 7.05 Å². The van der Waals surface area contributed by atoms with Gasteiger partial charge in [-0.15, -0.1) is 0 Å². The van der Waals surface area contributed by atoms with E-state index in [-0.39, 0.29) is 6.10 Å². The van der Waals surface area contributed by atoms with Gasteiger partial charge in [-0.05, 0) is 18.4 Å². The molecular weight excluding hydrogens is 380 g/mol. The minimum absolute atomic E-state index is 0.248. The number of ether oxygens (including phenoxy) is 3. The topological polar surface area (TPSA) is 58.6 Å². The number of fused-ring (bicyclic) bond motifs is 1. The van der Waals surface area contributed by atoms with Crippen molar-refractivity contribution in [3.8, 4) is 0 Å². The summed E-state index contributed by atoms with van der Waals surface area (Å²) in [4.78, 5) is 9.43. The lowest BCUT2D eigenvalue weighted by Crippen LogP contribution is -2.50. The first-order valence-corrected chi connectivity index (χ1v) is 11.3. The first-order valence-electron chi connectivity index (χ1n) is 11.3. The van der Waals surface area contributed by atoms with Crippen LogP contribution in [0.2, 0.25) is 0 Å². The van der Waals surface area contributed by atoms with E-state index < -0.39 is 0 Å². The Morgan fingerprint density at radius 2 is 2.13 bits per heavy atom. The first-order chi connectivity index (χ1) is 14.8. The average molecular weight is 417 g/mol. The van der Waals surface area contributed by atoms with Crippen LogP contribution in [0.4, 0.5) is 0 Å². The Kier molecular flexibility index (Phi) is 7.97. The number of nitrogens with one attached hydrogen (secondary N) is 1. The van der Waals surface area contributed by atoms with E-state index in [4.69, 9.17) is 14.2 Å². The summed E-state index contributed by atoms with van der Waals surface area (Å²) in [6.45, 7) is 8.82. The third kappa shape index (κ3) is 5.72. The second-order valence-electron chi connectivity index (χ2n) is 8.47. The Bertz CT molecular complexity index is 666. The number of hydrogen-bond donors (Lipinski definition) is 1. The minimum Gasteiger partial charge on any atom is -0.381 e. The molecule has 30 heavy (non-hydrogen) atoms. The van der Waals surface area contributed by atoms with Crippen LogP contribution in [-0.2, 0) is 20.8 Å². The molecule has 0 radical (unpaired) electrons. The van der Waals surface area contributed by atoms with Gasteiger partial charge in [-0.3, -0.25) is 9.89 Å². The van der Waals surface area contributed by atoms with E-state index in [1.54, 1.807) is 0 Å². The largest absolute Gasteiger partial charge is 0.381 e. The summed E-state index contributed by atoms with van der Waals surface area (Å²) in [7, 11) is 1.86. The lowest BCUT2D eigenvalue weighted by molar-refractivity contribution is -0.0502. The Hall–Kier alpha value is -1.67. The first kappa shape index (κ1) is 21.6. The number of rotatable bonds is 8.